The Hall–Kier alpha value is -1.59. The highest BCUT2D eigenvalue weighted by molar-refractivity contribution is 9.08. The Morgan fingerprint density at radius 2 is 1.75 bits per heavy atom. The van der Waals surface area contributed by atoms with Gasteiger partial charge >= 0.3 is 0 Å². The van der Waals surface area contributed by atoms with Gasteiger partial charge in [-0.1, -0.05) is 52.3 Å². The van der Waals surface area contributed by atoms with Gasteiger partial charge in [0.2, 0.25) is 0 Å². The molecule has 78 valence electrons. The van der Waals surface area contributed by atoms with Crippen LogP contribution in [0.4, 0.5) is 0 Å². The summed E-state index contributed by atoms with van der Waals surface area (Å²) in [4.78, 5) is 0. The molecule has 0 saturated carbocycles. The Balaban J connectivity index is 2.39. The van der Waals surface area contributed by atoms with E-state index in [0.717, 1.165) is 16.5 Å². The summed E-state index contributed by atoms with van der Waals surface area (Å²) >= 11 is 3.42. The monoisotopic (exact) mass is 271 g/mol. The number of nitriles is 1. The Labute approximate surface area is 103 Å². The van der Waals surface area contributed by atoms with Crippen molar-refractivity contribution in [1.29, 1.82) is 5.26 Å². The van der Waals surface area contributed by atoms with Crippen LogP contribution in [0.25, 0.3) is 11.1 Å². The maximum absolute atomic E-state index is 8.83. The van der Waals surface area contributed by atoms with Gasteiger partial charge in [-0.3, -0.25) is 0 Å². The number of benzene rings is 2. The fourth-order valence-corrected chi connectivity index (χ4v) is 1.93. The second-order valence-corrected chi connectivity index (χ2v) is 4.08. The summed E-state index contributed by atoms with van der Waals surface area (Å²) in [6.45, 7) is 0. The summed E-state index contributed by atoms with van der Waals surface area (Å²) in [5, 5.41) is 9.70. The second kappa shape index (κ2) is 4.96. The first-order chi connectivity index (χ1) is 7.83. The SMILES string of the molecule is N#Cc1cccc(-c2ccc(CBr)cc2)c1. The van der Waals surface area contributed by atoms with Gasteiger partial charge in [0.15, 0.2) is 0 Å². The van der Waals surface area contributed by atoms with Crippen molar-refractivity contribution in [3.8, 4) is 17.2 Å². The van der Waals surface area contributed by atoms with Gasteiger partial charge in [0.05, 0.1) is 11.6 Å². The zero-order valence-corrected chi connectivity index (χ0v) is 10.2. The average Bonchev–Trinajstić information content (AvgIpc) is 2.39. The molecule has 0 spiro atoms. The maximum Gasteiger partial charge on any atom is 0.0991 e. The summed E-state index contributed by atoms with van der Waals surface area (Å²) < 4.78 is 0. The van der Waals surface area contributed by atoms with E-state index in [2.05, 4.69) is 46.3 Å². The maximum atomic E-state index is 8.83. The van der Waals surface area contributed by atoms with Crippen LogP contribution in [0.1, 0.15) is 11.1 Å². The lowest BCUT2D eigenvalue weighted by Crippen LogP contribution is -1.81. The van der Waals surface area contributed by atoms with Gasteiger partial charge < -0.3 is 0 Å². The number of hydrogen-bond acceptors (Lipinski definition) is 1. The highest BCUT2D eigenvalue weighted by Crippen LogP contribution is 2.21. The van der Waals surface area contributed by atoms with Crippen molar-refractivity contribution < 1.29 is 0 Å². The lowest BCUT2D eigenvalue weighted by atomic mass is 10.0. The molecule has 2 rings (SSSR count). The van der Waals surface area contributed by atoms with Gasteiger partial charge in [-0.15, -0.1) is 0 Å². The number of hydrogen-bond donors (Lipinski definition) is 0. The quantitative estimate of drug-likeness (QED) is 0.754. The summed E-state index contributed by atoms with van der Waals surface area (Å²) in [6, 6.07) is 18.1. The first-order valence-electron chi connectivity index (χ1n) is 4.99. The van der Waals surface area contributed by atoms with E-state index in [1.54, 1.807) is 0 Å². The van der Waals surface area contributed by atoms with E-state index in [1.807, 2.05) is 24.3 Å². The topological polar surface area (TPSA) is 23.8 Å². The standard InChI is InChI=1S/C14H10BrN/c15-9-11-4-6-13(7-5-11)14-3-1-2-12(8-14)10-16/h1-8H,9H2. The molecule has 2 heteroatoms. The molecule has 0 bridgehead atoms. The minimum absolute atomic E-state index is 0.696. The molecular weight excluding hydrogens is 262 g/mol. The molecule has 0 amide bonds. The number of nitrogens with zero attached hydrogens (tertiary/aromatic N) is 1. The number of alkyl halides is 1. The van der Waals surface area contributed by atoms with Crippen molar-refractivity contribution in [1.82, 2.24) is 0 Å². The Morgan fingerprint density at radius 3 is 2.38 bits per heavy atom. The van der Waals surface area contributed by atoms with E-state index in [9.17, 15) is 0 Å². The van der Waals surface area contributed by atoms with Crippen LogP contribution in [0.5, 0.6) is 0 Å². The van der Waals surface area contributed by atoms with Crippen LogP contribution in [0.3, 0.4) is 0 Å². The van der Waals surface area contributed by atoms with Gasteiger partial charge in [0, 0.05) is 5.33 Å². The fourth-order valence-electron chi connectivity index (χ4n) is 1.55. The van der Waals surface area contributed by atoms with Crippen LogP contribution in [0.15, 0.2) is 48.5 Å². The predicted molar refractivity (Wildman–Crippen MR) is 69.2 cm³/mol. The first kappa shape index (κ1) is 10.9. The zero-order chi connectivity index (χ0) is 11.4. The van der Waals surface area contributed by atoms with Gasteiger partial charge in [0.25, 0.3) is 0 Å². The molecule has 0 saturated heterocycles. The van der Waals surface area contributed by atoms with E-state index in [-0.39, 0.29) is 0 Å². The van der Waals surface area contributed by atoms with E-state index in [4.69, 9.17) is 5.26 Å². The molecule has 2 aromatic rings. The van der Waals surface area contributed by atoms with Crippen LogP contribution in [-0.2, 0) is 5.33 Å². The van der Waals surface area contributed by atoms with E-state index >= 15 is 0 Å². The molecule has 16 heavy (non-hydrogen) atoms. The molecule has 0 fully saturated rings. The van der Waals surface area contributed by atoms with Crippen molar-refractivity contribution in [2.75, 3.05) is 0 Å². The van der Waals surface area contributed by atoms with Crippen LogP contribution >= 0.6 is 15.9 Å². The highest BCUT2D eigenvalue weighted by atomic mass is 79.9. The summed E-state index contributed by atoms with van der Waals surface area (Å²) in [7, 11) is 0. The third kappa shape index (κ3) is 2.32. The molecule has 2 aromatic carbocycles. The van der Waals surface area contributed by atoms with E-state index in [1.165, 1.54) is 5.56 Å². The highest BCUT2D eigenvalue weighted by Gasteiger charge is 1.99. The normalized spacial score (nSPS) is 9.75. The predicted octanol–water partition coefficient (Wildman–Crippen LogP) is 4.12. The summed E-state index contributed by atoms with van der Waals surface area (Å²) in [5.41, 5.74) is 4.17. The van der Waals surface area contributed by atoms with Crippen molar-refractivity contribution in [3.63, 3.8) is 0 Å². The van der Waals surface area contributed by atoms with Crippen LogP contribution in [0, 0.1) is 11.3 Å². The molecule has 0 aliphatic carbocycles. The minimum Gasteiger partial charge on any atom is -0.192 e. The lowest BCUT2D eigenvalue weighted by molar-refractivity contribution is 1.43. The molecule has 1 nitrogen and oxygen atoms in total. The average molecular weight is 272 g/mol. The van der Waals surface area contributed by atoms with Gasteiger partial charge in [-0.25, -0.2) is 0 Å². The van der Waals surface area contributed by atoms with Crippen molar-refractivity contribution >= 4 is 15.9 Å². The smallest absolute Gasteiger partial charge is 0.0991 e. The van der Waals surface area contributed by atoms with Crippen molar-refractivity contribution in [2.24, 2.45) is 0 Å². The minimum atomic E-state index is 0.696. The Bertz CT molecular complexity index is 523. The molecule has 0 heterocycles. The Morgan fingerprint density at radius 1 is 1.00 bits per heavy atom. The Kier molecular flexibility index (Phi) is 3.38. The van der Waals surface area contributed by atoms with Gasteiger partial charge in [-0.2, -0.15) is 5.26 Å². The number of halogens is 1. The number of rotatable bonds is 2. The van der Waals surface area contributed by atoms with E-state index < -0.39 is 0 Å². The van der Waals surface area contributed by atoms with Crippen LogP contribution in [-0.4, -0.2) is 0 Å². The van der Waals surface area contributed by atoms with Crippen molar-refractivity contribution in [2.45, 2.75) is 5.33 Å². The molecule has 0 atom stereocenters. The zero-order valence-electron chi connectivity index (χ0n) is 8.65. The molecule has 0 aliphatic rings. The van der Waals surface area contributed by atoms with Crippen LogP contribution in [0.2, 0.25) is 0 Å². The third-order valence-corrected chi connectivity index (χ3v) is 3.08. The lowest BCUT2D eigenvalue weighted by Gasteiger charge is -2.03. The first-order valence-corrected chi connectivity index (χ1v) is 6.11. The third-order valence-electron chi connectivity index (χ3n) is 2.43. The molecule has 0 aliphatic heterocycles. The molecular formula is C14H10BrN. The molecule has 0 radical (unpaired) electrons. The fraction of sp³-hybridized carbons (Fsp3) is 0.0714. The van der Waals surface area contributed by atoms with Gasteiger partial charge in [0.1, 0.15) is 0 Å². The second-order valence-electron chi connectivity index (χ2n) is 3.52. The summed E-state index contributed by atoms with van der Waals surface area (Å²) in [6.07, 6.45) is 0. The van der Waals surface area contributed by atoms with Crippen LogP contribution < -0.4 is 0 Å². The molecule has 0 N–H and O–H groups in total. The summed E-state index contributed by atoms with van der Waals surface area (Å²) in [5.74, 6) is 0. The largest absolute Gasteiger partial charge is 0.192 e. The van der Waals surface area contributed by atoms with Crippen molar-refractivity contribution in [3.05, 3.63) is 59.7 Å². The van der Waals surface area contributed by atoms with Gasteiger partial charge in [-0.05, 0) is 28.8 Å². The molecule has 0 unspecified atom stereocenters. The molecule has 0 aromatic heterocycles. The van der Waals surface area contributed by atoms with E-state index in [0.29, 0.717) is 5.56 Å².